The van der Waals surface area contributed by atoms with E-state index in [-0.39, 0.29) is 12.5 Å². The molecular formula is C17H19NO3. The topological polar surface area (TPSA) is 62.5 Å². The molecule has 4 heteroatoms. The number of hydrogen-bond acceptors (Lipinski definition) is 3. The van der Waals surface area contributed by atoms with E-state index in [1.165, 1.54) is 6.08 Å². The summed E-state index contributed by atoms with van der Waals surface area (Å²) in [6.45, 7) is -0.00276. The third kappa shape index (κ3) is 3.00. The van der Waals surface area contributed by atoms with E-state index in [0.29, 0.717) is 5.76 Å². The summed E-state index contributed by atoms with van der Waals surface area (Å²) in [7, 11) is 0. The fourth-order valence-electron chi connectivity index (χ4n) is 2.92. The van der Waals surface area contributed by atoms with Crippen molar-refractivity contribution in [3.8, 4) is 0 Å². The van der Waals surface area contributed by atoms with Gasteiger partial charge in [-0.1, -0.05) is 31.0 Å². The van der Waals surface area contributed by atoms with Crippen molar-refractivity contribution in [2.24, 2.45) is 0 Å². The molecule has 1 saturated carbocycles. The number of rotatable bonds is 4. The van der Waals surface area contributed by atoms with Gasteiger partial charge in [0, 0.05) is 11.5 Å². The third-order valence-corrected chi connectivity index (χ3v) is 4.10. The Kier molecular flexibility index (Phi) is 3.80. The predicted octanol–water partition coefficient (Wildman–Crippen LogP) is 2.87. The minimum absolute atomic E-state index is 0.00276. The maximum atomic E-state index is 12.0. The number of amides is 1. The van der Waals surface area contributed by atoms with Crippen molar-refractivity contribution >= 4 is 23.0 Å². The molecular weight excluding hydrogens is 266 g/mol. The number of benzene rings is 1. The zero-order chi connectivity index (χ0) is 14.7. The molecule has 1 aliphatic carbocycles. The number of para-hydroxylation sites is 1. The van der Waals surface area contributed by atoms with Gasteiger partial charge in [0.05, 0.1) is 12.1 Å². The van der Waals surface area contributed by atoms with Gasteiger partial charge in [-0.3, -0.25) is 4.79 Å². The van der Waals surface area contributed by atoms with Crippen molar-refractivity contribution < 1.29 is 14.3 Å². The molecule has 3 rings (SSSR count). The highest BCUT2D eigenvalue weighted by atomic mass is 16.3. The van der Waals surface area contributed by atoms with Gasteiger partial charge in [0.1, 0.15) is 11.3 Å². The van der Waals surface area contributed by atoms with E-state index in [4.69, 9.17) is 4.42 Å². The minimum atomic E-state index is -0.435. The van der Waals surface area contributed by atoms with Crippen LogP contribution < -0.4 is 5.32 Å². The number of furan rings is 1. The number of carbonyl (C=O) groups is 1. The lowest BCUT2D eigenvalue weighted by Gasteiger charge is -2.27. The van der Waals surface area contributed by atoms with Crippen LogP contribution in [0.5, 0.6) is 0 Å². The number of fused-ring (bicyclic) bond motifs is 1. The molecule has 2 aromatic rings. The van der Waals surface area contributed by atoms with E-state index in [9.17, 15) is 9.90 Å². The van der Waals surface area contributed by atoms with Crippen molar-refractivity contribution in [3.63, 3.8) is 0 Å². The Labute approximate surface area is 123 Å². The molecule has 0 spiro atoms. The molecule has 21 heavy (non-hydrogen) atoms. The van der Waals surface area contributed by atoms with E-state index < -0.39 is 5.54 Å². The number of carbonyl (C=O) groups excluding carboxylic acids is 1. The fourth-order valence-corrected chi connectivity index (χ4v) is 2.92. The largest absolute Gasteiger partial charge is 0.457 e. The van der Waals surface area contributed by atoms with Crippen molar-refractivity contribution in [2.75, 3.05) is 6.61 Å². The number of aliphatic hydroxyl groups excluding tert-OH is 1. The second kappa shape index (κ2) is 5.74. The highest BCUT2D eigenvalue weighted by Gasteiger charge is 2.33. The summed E-state index contributed by atoms with van der Waals surface area (Å²) in [5.74, 6) is 0.460. The summed E-state index contributed by atoms with van der Waals surface area (Å²) in [5, 5.41) is 13.4. The molecule has 0 saturated heterocycles. The van der Waals surface area contributed by atoms with Gasteiger partial charge in [-0.25, -0.2) is 0 Å². The lowest BCUT2D eigenvalue weighted by molar-refractivity contribution is -0.118. The summed E-state index contributed by atoms with van der Waals surface area (Å²) < 4.78 is 5.62. The normalized spacial score (nSPS) is 17.6. The summed E-state index contributed by atoms with van der Waals surface area (Å²) in [4.78, 5) is 12.0. The second-order valence-corrected chi connectivity index (χ2v) is 5.65. The summed E-state index contributed by atoms with van der Waals surface area (Å²) in [6, 6.07) is 9.62. The molecule has 1 heterocycles. The van der Waals surface area contributed by atoms with Gasteiger partial charge in [-0.05, 0) is 31.1 Å². The lowest BCUT2D eigenvalue weighted by Crippen LogP contribution is -2.48. The van der Waals surface area contributed by atoms with Crippen molar-refractivity contribution in [2.45, 2.75) is 31.2 Å². The molecule has 110 valence electrons. The first-order chi connectivity index (χ1) is 10.2. The highest BCUT2D eigenvalue weighted by Crippen LogP contribution is 2.29. The van der Waals surface area contributed by atoms with E-state index in [2.05, 4.69) is 5.32 Å². The van der Waals surface area contributed by atoms with Crippen LogP contribution in [0.1, 0.15) is 31.4 Å². The van der Waals surface area contributed by atoms with Gasteiger partial charge in [-0.15, -0.1) is 0 Å². The summed E-state index contributed by atoms with van der Waals surface area (Å²) in [6.07, 6.45) is 6.91. The van der Waals surface area contributed by atoms with Gasteiger partial charge in [0.25, 0.3) is 0 Å². The molecule has 0 atom stereocenters. The first-order valence-corrected chi connectivity index (χ1v) is 7.30. The van der Waals surface area contributed by atoms with E-state index in [1.54, 1.807) is 6.08 Å². The third-order valence-electron chi connectivity index (χ3n) is 4.10. The molecule has 2 N–H and O–H groups in total. The Morgan fingerprint density at radius 2 is 2.10 bits per heavy atom. The molecule has 1 aliphatic rings. The van der Waals surface area contributed by atoms with E-state index in [0.717, 1.165) is 36.7 Å². The Balaban J connectivity index is 1.69. The lowest BCUT2D eigenvalue weighted by atomic mass is 9.99. The zero-order valence-corrected chi connectivity index (χ0v) is 11.8. The molecule has 1 aromatic carbocycles. The smallest absolute Gasteiger partial charge is 0.244 e. The number of aliphatic hydroxyl groups is 1. The quantitative estimate of drug-likeness (QED) is 0.849. The fraction of sp³-hybridized carbons (Fsp3) is 0.353. The van der Waals surface area contributed by atoms with Crippen molar-refractivity contribution in [1.82, 2.24) is 5.32 Å². The SMILES string of the molecule is O=C(/C=C/c1cc2ccccc2o1)NC1(CO)CCCC1. The number of nitrogens with one attached hydrogen (secondary N) is 1. The molecule has 4 nitrogen and oxygen atoms in total. The average Bonchev–Trinajstić information content (AvgIpc) is 3.11. The van der Waals surface area contributed by atoms with Crippen molar-refractivity contribution in [3.05, 3.63) is 42.2 Å². The number of hydrogen-bond donors (Lipinski definition) is 2. The first-order valence-electron chi connectivity index (χ1n) is 7.30. The molecule has 0 aliphatic heterocycles. The maximum Gasteiger partial charge on any atom is 0.244 e. The zero-order valence-electron chi connectivity index (χ0n) is 11.8. The van der Waals surface area contributed by atoms with Crippen LogP contribution in [0.2, 0.25) is 0 Å². The second-order valence-electron chi connectivity index (χ2n) is 5.65. The Morgan fingerprint density at radius 1 is 1.33 bits per heavy atom. The minimum Gasteiger partial charge on any atom is -0.457 e. The summed E-state index contributed by atoms with van der Waals surface area (Å²) >= 11 is 0. The predicted molar refractivity (Wildman–Crippen MR) is 81.7 cm³/mol. The van der Waals surface area contributed by atoms with Crippen LogP contribution in [0.15, 0.2) is 40.8 Å². The van der Waals surface area contributed by atoms with Gasteiger partial charge < -0.3 is 14.8 Å². The van der Waals surface area contributed by atoms with Gasteiger partial charge in [0.15, 0.2) is 0 Å². The van der Waals surface area contributed by atoms with Gasteiger partial charge in [0.2, 0.25) is 5.91 Å². The van der Waals surface area contributed by atoms with Crippen LogP contribution in [-0.2, 0) is 4.79 Å². The van der Waals surface area contributed by atoms with E-state index >= 15 is 0 Å². The van der Waals surface area contributed by atoms with Crippen LogP contribution in [0.4, 0.5) is 0 Å². The van der Waals surface area contributed by atoms with Gasteiger partial charge >= 0.3 is 0 Å². The molecule has 0 bridgehead atoms. The van der Waals surface area contributed by atoms with Crippen LogP contribution >= 0.6 is 0 Å². The molecule has 0 radical (unpaired) electrons. The highest BCUT2D eigenvalue weighted by molar-refractivity contribution is 5.92. The summed E-state index contributed by atoms with van der Waals surface area (Å²) in [5.41, 5.74) is 0.371. The molecule has 1 amide bonds. The van der Waals surface area contributed by atoms with Crippen LogP contribution in [-0.4, -0.2) is 23.2 Å². The Morgan fingerprint density at radius 3 is 2.81 bits per heavy atom. The first kappa shape index (κ1) is 13.9. The molecule has 1 aromatic heterocycles. The monoisotopic (exact) mass is 285 g/mol. The van der Waals surface area contributed by atoms with Crippen LogP contribution in [0.25, 0.3) is 17.0 Å². The molecule has 1 fully saturated rings. The van der Waals surface area contributed by atoms with Crippen LogP contribution in [0, 0.1) is 0 Å². The van der Waals surface area contributed by atoms with Gasteiger partial charge in [-0.2, -0.15) is 0 Å². The standard InChI is InChI=1S/C17H19NO3/c19-12-17(9-3-4-10-17)18-16(20)8-7-14-11-13-5-1-2-6-15(13)21-14/h1-2,5-8,11,19H,3-4,9-10,12H2,(H,18,20)/b8-7+. The Bertz CT molecular complexity index is 632. The average molecular weight is 285 g/mol. The van der Waals surface area contributed by atoms with Crippen molar-refractivity contribution in [1.29, 1.82) is 0 Å². The van der Waals surface area contributed by atoms with E-state index in [1.807, 2.05) is 30.3 Å². The van der Waals surface area contributed by atoms with Crippen LogP contribution in [0.3, 0.4) is 0 Å². The Hall–Kier alpha value is -2.07. The molecule has 0 unspecified atom stereocenters. The maximum absolute atomic E-state index is 12.0.